The first-order valence-electron chi connectivity index (χ1n) is 6.56. The Morgan fingerprint density at radius 3 is 2.75 bits per heavy atom. The fraction of sp³-hybridized carbons (Fsp3) is 0.500. The average Bonchev–Trinajstić information content (AvgIpc) is 2.66. The van der Waals surface area contributed by atoms with E-state index in [1.54, 1.807) is 6.07 Å². The van der Waals surface area contributed by atoms with Crippen molar-refractivity contribution in [3.05, 3.63) is 22.2 Å². The molecule has 0 aromatic heterocycles. The molecule has 0 saturated heterocycles. The molecule has 2 rings (SSSR count). The summed E-state index contributed by atoms with van der Waals surface area (Å²) in [6, 6.07) is 1.36. The van der Waals surface area contributed by atoms with E-state index >= 15 is 0 Å². The minimum absolute atomic E-state index is 0.0205. The van der Waals surface area contributed by atoms with Crippen molar-refractivity contribution in [2.45, 2.75) is 32.2 Å². The van der Waals surface area contributed by atoms with E-state index in [4.69, 9.17) is 31.9 Å². The predicted octanol–water partition coefficient (Wildman–Crippen LogP) is 2.67. The molecule has 1 aromatic carbocycles. The van der Waals surface area contributed by atoms with Crippen LogP contribution in [0.25, 0.3) is 0 Å². The van der Waals surface area contributed by atoms with Gasteiger partial charge in [-0.2, -0.15) is 0 Å². The third-order valence-electron chi connectivity index (χ3n) is 3.33. The van der Waals surface area contributed by atoms with Crippen LogP contribution in [0.3, 0.4) is 0 Å². The van der Waals surface area contributed by atoms with Gasteiger partial charge in [-0.05, 0) is 30.5 Å². The number of carboxylic acid groups (broad SMARTS) is 1. The van der Waals surface area contributed by atoms with Crippen LogP contribution >= 0.6 is 11.6 Å². The van der Waals surface area contributed by atoms with E-state index in [1.807, 2.05) is 6.92 Å². The van der Waals surface area contributed by atoms with Crippen molar-refractivity contribution in [1.82, 2.24) is 0 Å². The Morgan fingerprint density at radius 2 is 2.10 bits per heavy atom. The first-order chi connectivity index (χ1) is 9.50. The molecule has 0 radical (unpaired) electrons. The molecule has 0 saturated carbocycles. The zero-order chi connectivity index (χ0) is 14.7. The SMILES string of the molecule is Cc1c(C(N)CCC(=O)O)cc(Cl)c2c1OCCCO2. The van der Waals surface area contributed by atoms with Crippen LogP contribution in [-0.4, -0.2) is 24.3 Å². The van der Waals surface area contributed by atoms with Gasteiger partial charge >= 0.3 is 5.97 Å². The third-order valence-corrected chi connectivity index (χ3v) is 3.61. The normalized spacial score (nSPS) is 15.6. The van der Waals surface area contributed by atoms with Crippen LogP contribution in [0, 0.1) is 6.92 Å². The number of aliphatic carboxylic acids is 1. The maximum atomic E-state index is 10.6. The summed E-state index contributed by atoms with van der Waals surface area (Å²) in [4.78, 5) is 10.6. The van der Waals surface area contributed by atoms with Crippen molar-refractivity contribution >= 4 is 17.6 Å². The molecule has 1 unspecified atom stereocenters. The van der Waals surface area contributed by atoms with Crippen LogP contribution in [0.1, 0.15) is 36.4 Å². The second-order valence-corrected chi connectivity index (χ2v) is 5.23. The van der Waals surface area contributed by atoms with Crippen LogP contribution in [0.15, 0.2) is 6.07 Å². The minimum Gasteiger partial charge on any atom is -0.489 e. The van der Waals surface area contributed by atoms with Crippen LogP contribution in [0.5, 0.6) is 11.5 Å². The lowest BCUT2D eigenvalue weighted by molar-refractivity contribution is -0.137. The van der Waals surface area contributed by atoms with Crippen molar-refractivity contribution < 1.29 is 19.4 Å². The Kier molecular flexibility index (Phi) is 4.73. The number of ether oxygens (including phenoxy) is 2. The molecular weight excluding hydrogens is 282 g/mol. The molecule has 0 bridgehead atoms. The van der Waals surface area contributed by atoms with E-state index in [0.717, 1.165) is 17.5 Å². The molecule has 1 aliphatic rings. The van der Waals surface area contributed by atoms with Gasteiger partial charge in [-0.3, -0.25) is 4.79 Å². The van der Waals surface area contributed by atoms with Crippen molar-refractivity contribution in [2.24, 2.45) is 5.73 Å². The molecule has 3 N–H and O–H groups in total. The minimum atomic E-state index is -0.862. The monoisotopic (exact) mass is 299 g/mol. The quantitative estimate of drug-likeness (QED) is 0.893. The number of rotatable bonds is 4. The van der Waals surface area contributed by atoms with Gasteiger partial charge in [0.1, 0.15) is 0 Å². The number of carboxylic acids is 1. The van der Waals surface area contributed by atoms with Gasteiger partial charge in [0, 0.05) is 18.9 Å². The number of carbonyl (C=O) groups is 1. The lowest BCUT2D eigenvalue weighted by Gasteiger charge is -2.19. The van der Waals surface area contributed by atoms with Crippen molar-refractivity contribution in [1.29, 1.82) is 0 Å². The fourth-order valence-corrected chi connectivity index (χ4v) is 2.51. The number of fused-ring (bicyclic) bond motifs is 1. The molecule has 0 aliphatic carbocycles. The van der Waals surface area contributed by atoms with Gasteiger partial charge in [-0.1, -0.05) is 11.6 Å². The number of hydrogen-bond donors (Lipinski definition) is 2. The second-order valence-electron chi connectivity index (χ2n) is 4.82. The average molecular weight is 300 g/mol. The number of benzene rings is 1. The van der Waals surface area contributed by atoms with Crippen LogP contribution in [0.4, 0.5) is 0 Å². The first-order valence-corrected chi connectivity index (χ1v) is 6.94. The summed E-state index contributed by atoms with van der Waals surface area (Å²) in [6.45, 7) is 3.02. The van der Waals surface area contributed by atoms with Gasteiger partial charge in [0.15, 0.2) is 11.5 Å². The fourth-order valence-electron chi connectivity index (χ4n) is 2.26. The largest absolute Gasteiger partial charge is 0.489 e. The second kappa shape index (κ2) is 6.33. The molecule has 1 aliphatic heterocycles. The Labute approximate surface area is 122 Å². The molecule has 0 amide bonds. The van der Waals surface area contributed by atoms with Crippen molar-refractivity contribution in [3.8, 4) is 11.5 Å². The predicted molar refractivity (Wildman–Crippen MR) is 75.6 cm³/mol. The van der Waals surface area contributed by atoms with E-state index in [2.05, 4.69) is 0 Å². The zero-order valence-corrected chi connectivity index (χ0v) is 12.1. The summed E-state index contributed by atoms with van der Waals surface area (Å²) in [7, 11) is 0. The Morgan fingerprint density at radius 1 is 1.45 bits per heavy atom. The lowest BCUT2D eigenvalue weighted by Crippen LogP contribution is -2.14. The molecule has 20 heavy (non-hydrogen) atoms. The molecule has 110 valence electrons. The van der Waals surface area contributed by atoms with Gasteiger partial charge in [-0.15, -0.1) is 0 Å². The molecule has 0 fully saturated rings. The topological polar surface area (TPSA) is 81.8 Å². The standard InChI is InChI=1S/C14H18ClNO4/c1-8-9(11(16)3-4-12(17)18)7-10(15)14-13(8)19-5-2-6-20-14/h7,11H,2-6,16H2,1H3,(H,17,18). The highest BCUT2D eigenvalue weighted by molar-refractivity contribution is 6.32. The molecule has 1 aromatic rings. The molecule has 1 atom stereocenters. The van der Waals surface area contributed by atoms with Gasteiger partial charge in [0.2, 0.25) is 0 Å². The van der Waals surface area contributed by atoms with Gasteiger partial charge < -0.3 is 20.3 Å². The Hall–Kier alpha value is -1.46. The number of nitrogens with two attached hydrogens (primary N) is 1. The zero-order valence-electron chi connectivity index (χ0n) is 11.3. The van der Waals surface area contributed by atoms with Crippen LogP contribution in [0.2, 0.25) is 5.02 Å². The van der Waals surface area contributed by atoms with E-state index in [0.29, 0.717) is 36.2 Å². The summed E-state index contributed by atoms with van der Waals surface area (Å²) in [6.07, 6.45) is 1.17. The van der Waals surface area contributed by atoms with Gasteiger partial charge in [-0.25, -0.2) is 0 Å². The summed E-state index contributed by atoms with van der Waals surface area (Å²) in [5.74, 6) is 0.310. The Bertz CT molecular complexity index is 518. The summed E-state index contributed by atoms with van der Waals surface area (Å²) >= 11 is 6.22. The van der Waals surface area contributed by atoms with Crippen molar-refractivity contribution in [2.75, 3.05) is 13.2 Å². The van der Waals surface area contributed by atoms with Crippen LogP contribution < -0.4 is 15.2 Å². The summed E-state index contributed by atoms with van der Waals surface area (Å²) in [5, 5.41) is 9.19. The highest BCUT2D eigenvalue weighted by atomic mass is 35.5. The molecular formula is C14H18ClNO4. The Balaban J connectivity index is 2.32. The van der Waals surface area contributed by atoms with Crippen molar-refractivity contribution in [3.63, 3.8) is 0 Å². The summed E-state index contributed by atoms with van der Waals surface area (Å²) in [5.41, 5.74) is 7.74. The first kappa shape index (κ1) is 14.9. The molecule has 6 heteroatoms. The molecule has 5 nitrogen and oxygen atoms in total. The highest BCUT2D eigenvalue weighted by Gasteiger charge is 2.22. The van der Waals surface area contributed by atoms with E-state index in [9.17, 15) is 4.79 Å². The van der Waals surface area contributed by atoms with E-state index < -0.39 is 5.97 Å². The maximum absolute atomic E-state index is 10.6. The van der Waals surface area contributed by atoms with Crippen LogP contribution in [-0.2, 0) is 4.79 Å². The molecule has 0 spiro atoms. The number of halogens is 1. The lowest BCUT2D eigenvalue weighted by atomic mass is 9.97. The summed E-state index contributed by atoms with van der Waals surface area (Å²) < 4.78 is 11.3. The van der Waals surface area contributed by atoms with E-state index in [1.165, 1.54) is 0 Å². The smallest absolute Gasteiger partial charge is 0.303 e. The van der Waals surface area contributed by atoms with Gasteiger partial charge in [0.25, 0.3) is 0 Å². The maximum Gasteiger partial charge on any atom is 0.303 e. The third kappa shape index (κ3) is 3.16. The molecule has 1 heterocycles. The number of hydrogen-bond acceptors (Lipinski definition) is 4. The van der Waals surface area contributed by atoms with E-state index in [-0.39, 0.29) is 12.5 Å². The highest BCUT2D eigenvalue weighted by Crippen LogP contribution is 2.43. The van der Waals surface area contributed by atoms with Gasteiger partial charge in [0.05, 0.1) is 18.2 Å².